The molecule has 98 valence electrons. The van der Waals surface area contributed by atoms with Crippen LogP contribution in [0.3, 0.4) is 0 Å². The molecule has 0 saturated carbocycles. The zero-order valence-electron chi connectivity index (χ0n) is 10.7. The number of ether oxygens (including phenoxy) is 1. The van der Waals surface area contributed by atoms with Crippen molar-refractivity contribution >= 4 is 17.5 Å². The van der Waals surface area contributed by atoms with Gasteiger partial charge in [0.05, 0.1) is 0 Å². The van der Waals surface area contributed by atoms with E-state index in [0.29, 0.717) is 12.5 Å². The van der Waals surface area contributed by atoms with Crippen LogP contribution >= 0.6 is 11.6 Å². The van der Waals surface area contributed by atoms with E-state index in [1.54, 1.807) is 0 Å². The first kappa shape index (κ1) is 13.2. The summed E-state index contributed by atoms with van der Waals surface area (Å²) in [6.07, 6.45) is 0. The Morgan fingerprint density at radius 2 is 2.22 bits per heavy atom. The summed E-state index contributed by atoms with van der Waals surface area (Å²) in [7, 11) is 0. The van der Waals surface area contributed by atoms with Crippen LogP contribution in [0, 0.1) is 5.92 Å². The zero-order chi connectivity index (χ0) is 13.1. The highest BCUT2D eigenvalue weighted by molar-refractivity contribution is 6.18. The number of halogens is 1. The average molecular weight is 268 g/mol. The van der Waals surface area contributed by atoms with Gasteiger partial charge in [-0.25, -0.2) is 0 Å². The second kappa shape index (κ2) is 5.61. The first-order chi connectivity index (χ1) is 8.63. The van der Waals surface area contributed by atoms with Crippen molar-refractivity contribution in [3.63, 3.8) is 0 Å². The Balaban J connectivity index is 2.03. The Hall–Kier alpha value is -1.22. The number of amides is 1. The monoisotopic (exact) mass is 267 g/mol. The highest BCUT2D eigenvalue weighted by Crippen LogP contribution is 2.33. The number of carbonyl (C=O) groups is 1. The van der Waals surface area contributed by atoms with Gasteiger partial charge in [-0.3, -0.25) is 4.79 Å². The predicted octanol–water partition coefficient (Wildman–Crippen LogP) is 2.54. The average Bonchev–Trinajstić information content (AvgIpc) is 2.81. The van der Waals surface area contributed by atoms with Gasteiger partial charge in [-0.1, -0.05) is 25.1 Å². The number of para-hydroxylation sites is 1. The molecule has 1 aromatic carbocycles. The van der Waals surface area contributed by atoms with Crippen molar-refractivity contribution < 1.29 is 9.53 Å². The molecule has 1 aromatic rings. The topological polar surface area (TPSA) is 38.3 Å². The van der Waals surface area contributed by atoms with Crippen molar-refractivity contribution in [2.45, 2.75) is 25.8 Å². The lowest BCUT2D eigenvalue weighted by molar-refractivity contribution is -0.123. The normalized spacial score (nSPS) is 20.7. The van der Waals surface area contributed by atoms with E-state index in [2.05, 4.69) is 5.32 Å². The Bertz CT molecular complexity index is 436. The minimum Gasteiger partial charge on any atom is -0.492 e. The van der Waals surface area contributed by atoms with Crippen LogP contribution in [0.4, 0.5) is 0 Å². The second-order valence-electron chi connectivity index (χ2n) is 4.83. The molecule has 1 amide bonds. The molecule has 2 rings (SSSR count). The molecule has 1 N–H and O–H groups in total. The van der Waals surface area contributed by atoms with Gasteiger partial charge in [0.15, 0.2) is 0 Å². The fourth-order valence-electron chi connectivity index (χ4n) is 1.98. The van der Waals surface area contributed by atoms with Crippen molar-refractivity contribution in [3.05, 3.63) is 29.8 Å². The van der Waals surface area contributed by atoms with Gasteiger partial charge in [0.25, 0.3) is 0 Å². The molecule has 0 aliphatic carbocycles. The minimum atomic E-state index is -0.203. The third kappa shape index (κ3) is 2.61. The molecule has 0 fully saturated rings. The van der Waals surface area contributed by atoms with E-state index >= 15 is 0 Å². The zero-order valence-corrected chi connectivity index (χ0v) is 11.4. The predicted molar refractivity (Wildman–Crippen MR) is 72.2 cm³/mol. The standard InChI is InChI=1S/C14H18ClNO2/c1-9(7-15)10(2)16-14(17)12-8-18-13-6-4-3-5-11(12)13/h3-6,9-10,12H,7-8H2,1-2H3,(H,16,17). The van der Waals surface area contributed by atoms with Gasteiger partial charge in [0.2, 0.25) is 5.91 Å². The molecule has 4 heteroatoms. The molecule has 18 heavy (non-hydrogen) atoms. The quantitative estimate of drug-likeness (QED) is 0.852. The molecule has 0 aromatic heterocycles. The molecule has 1 aliphatic rings. The van der Waals surface area contributed by atoms with Crippen molar-refractivity contribution in [1.82, 2.24) is 5.32 Å². The number of benzene rings is 1. The fourth-order valence-corrected chi connectivity index (χ4v) is 2.25. The van der Waals surface area contributed by atoms with Crippen LogP contribution in [0.5, 0.6) is 5.75 Å². The SMILES string of the molecule is CC(CCl)C(C)NC(=O)C1COc2ccccc21. The van der Waals surface area contributed by atoms with Gasteiger partial charge in [-0.15, -0.1) is 11.6 Å². The molecular weight excluding hydrogens is 250 g/mol. The second-order valence-corrected chi connectivity index (χ2v) is 5.14. The van der Waals surface area contributed by atoms with Crippen LogP contribution in [-0.4, -0.2) is 24.4 Å². The van der Waals surface area contributed by atoms with E-state index in [1.165, 1.54) is 0 Å². The van der Waals surface area contributed by atoms with Crippen LogP contribution in [0.1, 0.15) is 25.3 Å². The Labute approximate surface area is 112 Å². The van der Waals surface area contributed by atoms with E-state index in [1.807, 2.05) is 38.1 Å². The highest BCUT2D eigenvalue weighted by Gasteiger charge is 2.31. The van der Waals surface area contributed by atoms with Crippen LogP contribution in [0.25, 0.3) is 0 Å². The number of nitrogens with one attached hydrogen (secondary N) is 1. The number of hydrogen-bond donors (Lipinski definition) is 1. The molecule has 3 unspecified atom stereocenters. The van der Waals surface area contributed by atoms with Crippen molar-refractivity contribution in [2.75, 3.05) is 12.5 Å². The van der Waals surface area contributed by atoms with E-state index < -0.39 is 0 Å². The molecule has 1 aliphatic heterocycles. The first-order valence-electron chi connectivity index (χ1n) is 6.21. The maximum Gasteiger partial charge on any atom is 0.231 e. The molecule has 0 bridgehead atoms. The largest absolute Gasteiger partial charge is 0.492 e. The van der Waals surface area contributed by atoms with Gasteiger partial charge in [-0.2, -0.15) is 0 Å². The summed E-state index contributed by atoms with van der Waals surface area (Å²) in [5.41, 5.74) is 0.973. The lowest BCUT2D eigenvalue weighted by atomic mass is 9.99. The van der Waals surface area contributed by atoms with Gasteiger partial charge in [-0.05, 0) is 18.9 Å². The van der Waals surface area contributed by atoms with E-state index in [-0.39, 0.29) is 23.8 Å². The lowest BCUT2D eigenvalue weighted by Gasteiger charge is -2.21. The summed E-state index contributed by atoms with van der Waals surface area (Å²) < 4.78 is 5.51. The van der Waals surface area contributed by atoms with Crippen LogP contribution in [0.15, 0.2) is 24.3 Å². The third-order valence-corrected chi connectivity index (χ3v) is 3.97. The summed E-state index contributed by atoms with van der Waals surface area (Å²) in [6, 6.07) is 7.76. The summed E-state index contributed by atoms with van der Waals surface area (Å²) >= 11 is 5.80. The maximum atomic E-state index is 12.2. The first-order valence-corrected chi connectivity index (χ1v) is 6.75. The molecule has 0 spiro atoms. The van der Waals surface area contributed by atoms with Crippen molar-refractivity contribution in [2.24, 2.45) is 5.92 Å². The summed E-state index contributed by atoms with van der Waals surface area (Å²) in [4.78, 5) is 12.2. The molecule has 0 saturated heterocycles. The van der Waals surface area contributed by atoms with E-state index in [0.717, 1.165) is 11.3 Å². The Morgan fingerprint density at radius 3 is 2.94 bits per heavy atom. The molecule has 3 nitrogen and oxygen atoms in total. The fraction of sp³-hybridized carbons (Fsp3) is 0.500. The highest BCUT2D eigenvalue weighted by atomic mass is 35.5. The number of rotatable bonds is 4. The number of fused-ring (bicyclic) bond motifs is 1. The van der Waals surface area contributed by atoms with Gasteiger partial charge < -0.3 is 10.1 Å². The van der Waals surface area contributed by atoms with E-state index in [9.17, 15) is 4.79 Å². The molecule has 3 atom stereocenters. The smallest absolute Gasteiger partial charge is 0.231 e. The van der Waals surface area contributed by atoms with Crippen LogP contribution in [-0.2, 0) is 4.79 Å². The van der Waals surface area contributed by atoms with Gasteiger partial charge >= 0.3 is 0 Å². The van der Waals surface area contributed by atoms with Crippen LogP contribution in [0.2, 0.25) is 0 Å². The number of hydrogen-bond acceptors (Lipinski definition) is 2. The molecular formula is C14H18ClNO2. The van der Waals surface area contributed by atoms with Crippen LogP contribution < -0.4 is 10.1 Å². The third-order valence-electron chi connectivity index (χ3n) is 3.48. The maximum absolute atomic E-state index is 12.2. The lowest BCUT2D eigenvalue weighted by Crippen LogP contribution is -2.40. The molecule has 0 radical (unpaired) electrons. The number of alkyl halides is 1. The van der Waals surface area contributed by atoms with Gasteiger partial charge in [0.1, 0.15) is 18.3 Å². The molecule has 1 heterocycles. The van der Waals surface area contributed by atoms with E-state index in [4.69, 9.17) is 16.3 Å². The van der Waals surface area contributed by atoms with Crippen molar-refractivity contribution in [3.8, 4) is 5.75 Å². The van der Waals surface area contributed by atoms with Crippen molar-refractivity contribution in [1.29, 1.82) is 0 Å². The Kier molecular flexibility index (Phi) is 4.12. The number of carbonyl (C=O) groups excluding carboxylic acids is 1. The summed E-state index contributed by atoms with van der Waals surface area (Å²) in [6.45, 7) is 4.43. The Morgan fingerprint density at radius 1 is 1.50 bits per heavy atom. The summed E-state index contributed by atoms with van der Waals surface area (Å²) in [5.74, 6) is 1.43. The summed E-state index contributed by atoms with van der Waals surface area (Å²) in [5, 5.41) is 3.01. The van der Waals surface area contributed by atoms with Gasteiger partial charge in [0, 0.05) is 17.5 Å². The minimum absolute atomic E-state index is 0.0180.